The average molecular weight is 237 g/mol. The lowest BCUT2D eigenvalue weighted by Crippen LogP contribution is -1.97. The molecule has 1 saturated heterocycles. The fourth-order valence-electron chi connectivity index (χ4n) is 1.62. The van der Waals surface area contributed by atoms with Gasteiger partial charge in [0.15, 0.2) is 6.29 Å². The number of hydrogen-bond acceptors (Lipinski definition) is 4. The van der Waals surface area contributed by atoms with Crippen LogP contribution in [0.15, 0.2) is 22.9 Å². The fourth-order valence-corrected chi connectivity index (χ4v) is 3.15. The number of ether oxygens (including phenoxy) is 2. The first-order chi connectivity index (χ1) is 7.45. The van der Waals surface area contributed by atoms with E-state index in [0.717, 1.165) is 11.1 Å². The highest BCUT2D eigenvalue weighted by molar-refractivity contribution is 7.14. The number of rotatable bonds is 2. The molecule has 1 radical (unpaired) electrons. The smallest absolute Gasteiger partial charge is 0.185 e. The molecule has 1 aliphatic rings. The first-order valence-corrected chi connectivity index (χ1v) is 6.47. The van der Waals surface area contributed by atoms with Crippen molar-refractivity contribution in [3.05, 3.63) is 33.8 Å². The van der Waals surface area contributed by atoms with Gasteiger partial charge in [-0.3, -0.25) is 0 Å². The summed E-state index contributed by atoms with van der Waals surface area (Å²) in [5, 5.41) is 7.35. The van der Waals surface area contributed by atoms with E-state index in [-0.39, 0.29) is 6.29 Å². The summed E-state index contributed by atoms with van der Waals surface area (Å²) in [5.41, 5.74) is 2.27. The molecule has 1 aliphatic heterocycles. The summed E-state index contributed by atoms with van der Waals surface area (Å²) in [7, 11) is 0. The molecule has 3 rings (SSSR count). The molecule has 2 aromatic heterocycles. The largest absolute Gasteiger partial charge is 0.346 e. The molecule has 0 atom stereocenters. The molecule has 0 aliphatic carbocycles. The minimum atomic E-state index is -0.181. The van der Waals surface area contributed by atoms with E-state index in [0.29, 0.717) is 13.2 Å². The maximum absolute atomic E-state index is 5.51. The van der Waals surface area contributed by atoms with Crippen molar-refractivity contribution in [3.8, 4) is 10.4 Å². The summed E-state index contributed by atoms with van der Waals surface area (Å²) in [6.07, 6.45) is -0.181. The highest BCUT2D eigenvalue weighted by atomic mass is 32.1. The molecule has 0 spiro atoms. The van der Waals surface area contributed by atoms with Crippen LogP contribution in [0.4, 0.5) is 0 Å². The molecule has 0 unspecified atom stereocenters. The second-order valence-electron chi connectivity index (χ2n) is 3.21. The summed E-state index contributed by atoms with van der Waals surface area (Å²) in [4.78, 5) is 1.21. The van der Waals surface area contributed by atoms with Crippen molar-refractivity contribution < 1.29 is 9.47 Å². The molecule has 0 amide bonds. The van der Waals surface area contributed by atoms with E-state index in [2.05, 4.69) is 22.9 Å². The van der Waals surface area contributed by atoms with Crippen LogP contribution in [-0.2, 0) is 9.47 Å². The van der Waals surface area contributed by atoms with Gasteiger partial charge in [-0.15, -0.1) is 22.7 Å². The van der Waals surface area contributed by atoms with Crippen molar-refractivity contribution in [2.45, 2.75) is 6.29 Å². The third kappa shape index (κ3) is 1.74. The molecular formula is C11H9O2S2. The van der Waals surface area contributed by atoms with E-state index in [1.54, 1.807) is 22.7 Å². The van der Waals surface area contributed by atoms with Crippen LogP contribution in [0, 0.1) is 5.38 Å². The zero-order chi connectivity index (χ0) is 10.1. The Hall–Kier alpha value is -0.680. The van der Waals surface area contributed by atoms with Gasteiger partial charge in [0.1, 0.15) is 0 Å². The topological polar surface area (TPSA) is 18.5 Å². The van der Waals surface area contributed by atoms with Gasteiger partial charge in [-0.1, -0.05) is 0 Å². The monoisotopic (exact) mass is 237 g/mol. The van der Waals surface area contributed by atoms with Gasteiger partial charge in [0.05, 0.1) is 18.6 Å². The van der Waals surface area contributed by atoms with Gasteiger partial charge in [-0.25, -0.2) is 0 Å². The van der Waals surface area contributed by atoms with Gasteiger partial charge in [0.25, 0.3) is 0 Å². The molecule has 4 heteroatoms. The summed E-state index contributed by atoms with van der Waals surface area (Å²) in [6, 6.07) is 4.15. The predicted molar refractivity (Wildman–Crippen MR) is 61.1 cm³/mol. The van der Waals surface area contributed by atoms with Crippen molar-refractivity contribution >= 4 is 22.7 Å². The highest BCUT2D eigenvalue weighted by Crippen LogP contribution is 2.37. The first-order valence-electron chi connectivity index (χ1n) is 4.71. The van der Waals surface area contributed by atoms with E-state index >= 15 is 0 Å². The minimum Gasteiger partial charge on any atom is -0.346 e. The average Bonchev–Trinajstić information content (AvgIpc) is 3.01. The van der Waals surface area contributed by atoms with Crippen LogP contribution in [0.25, 0.3) is 10.4 Å². The second kappa shape index (κ2) is 4.06. The zero-order valence-electron chi connectivity index (χ0n) is 7.93. The third-order valence-electron chi connectivity index (χ3n) is 2.29. The Bertz CT molecular complexity index is 427. The van der Waals surface area contributed by atoms with Crippen molar-refractivity contribution in [1.82, 2.24) is 0 Å². The summed E-state index contributed by atoms with van der Waals surface area (Å²) < 4.78 is 11.0. The zero-order valence-corrected chi connectivity index (χ0v) is 9.57. The summed E-state index contributed by atoms with van der Waals surface area (Å²) in [6.45, 7) is 1.38. The predicted octanol–water partition coefficient (Wildman–Crippen LogP) is 3.32. The fraction of sp³-hybridized carbons (Fsp3) is 0.273. The molecule has 0 saturated carbocycles. The molecule has 2 aromatic rings. The molecule has 15 heavy (non-hydrogen) atoms. The number of thiophene rings is 2. The minimum absolute atomic E-state index is 0.181. The Balaban J connectivity index is 1.98. The Kier molecular flexibility index (Phi) is 2.58. The van der Waals surface area contributed by atoms with Gasteiger partial charge < -0.3 is 9.47 Å². The second-order valence-corrected chi connectivity index (χ2v) is 4.84. The Morgan fingerprint density at radius 3 is 2.80 bits per heavy atom. The highest BCUT2D eigenvalue weighted by Gasteiger charge is 2.22. The number of hydrogen-bond donors (Lipinski definition) is 0. The van der Waals surface area contributed by atoms with Crippen LogP contribution in [0.3, 0.4) is 0 Å². The van der Waals surface area contributed by atoms with E-state index in [9.17, 15) is 0 Å². The van der Waals surface area contributed by atoms with E-state index in [1.165, 1.54) is 4.88 Å². The maximum Gasteiger partial charge on any atom is 0.185 e. The van der Waals surface area contributed by atoms with Crippen LogP contribution in [0.2, 0.25) is 0 Å². The Morgan fingerprint density at radius 1 is 1.20 bits per heavy atom. The van der Waals surface area contributed by atoms with Crippen LogP contribution in [0.1, 0.15) is 11.9 Å². The molecule has 0 bridgehead atoms. The van der Waals surface area contributed by atoms with Crippen LogP contribution >= 0.6 is 22.7 Å². The van der Waals surface area contributed by atoms with Crippen LogP contribution in [-0.4, -0.2) is 13.2 Å². The van der Waals surface area contributed by atoms with Gasteiger partial charge in [0.2, 0.25) is 0 Å². The standard InChI is InChI=1S/C11H9O2S2/c1-5-14-7-8(1)10-9(2-6-15-10)11-12-3-4-13-11/h1-2,5-6,11H,3-4H2. The van der Waals surface area contributed by atoms with Crippen molar-refractivity contribution in [2.75, 3.05) is 13.2 Å². The quantitative estimate of drug-likeness (QED) is 0.797. The molecule has 2 nitrogen and oxygen atoms in total. The maximum atomic E-state index is 5.51. The van der Waals surface area contributed by atoms with Crippen molar-refractivity contribution in [2.24, 2.45) is 0 Å². The first kappa shape index (κ1) is 9.54. The summed E-state index contributed by atoms with van der Waals surface area (Å²) >= 11 is 3.30. The van der Waals surface area contributed by atoms with E-state index in [1.807, 2.05) is 5.38 Å². The van der Waals surface area contributed by atoms with Gasteiger partial charge in [-0.2, -0.15) is 0 Å². The van der Waals surface area contributed by atoms with Crippen molar-refractivity contribution in [1.29, 1.82) is 0 Å². The molecule has 3 heterocycles. The van der Waals surface area contributed by atoms with Gasteiger partial charge >= 0.3 is 0 Å². The van der Waals surface area contributed by atoms with Crippen LogP contribution in [0.5, 0.6) is 0 Å². The Labute approximate surface area is 96.1 Å². The molecule has 77 valence electrons. The Morgan fingerprint density at radius 2 is 2.07 bits per heavy atom. The normalized spacial score (nSPS) is 17.3. The SMILES string of the molecule is [c]1sccc1-c1sccc1C1OCCO1. The van der Waals surface area contributed by atoms with E-state index in [4.69, 9.17) is 9.47 Å². The molecule has 0 N–H and O–H groups in total. The molecular weight excluding hydrogens is 228 g/mol. The van der Waals surface area contributed by atoms with Crippen LogP contribution < -0.4 is 0 Å². The summed E-state index contributed by atoms with van der Waals surface area (Å²) in [5.74, 6) is 0. The van der Waals surface area contributed by atoms with Gasteiger partial charge in [0, 0.05) is 16.0 Å². The van der Waals surface area contributed by atoms with E-state index < -0.39 is 0 Å². The van der Waals surface area contributed by atoms with Gasteiger partial charge in [-0.05, 0) is 22.9 Å². The molecule has 1 fully saturated rings. The third-order valence-corrected chi connectivity index (χ3v) is 3.86. The van der Waals surface area contributed by atoms with Crippen molar-refractivity contribution in [3.63, 3.8) is 0 Å². The lowest BCUT2D eigenvalue weighted by Gasteiger charge is -2.08. The lowest BCUT2D eigenvalue weighted by atomic mass is 10.2. The molecule has 0 aromatic carbocycles. The lowest BCUT2D eigenvalue weighted by molar-refractivity contribution is -0.0434.